The van der Waals surface area contributed by atoms with E-state index < -0.39 is 17.0 Å². The monoisotopic (exact) mass is 256 g/mol. The number of carboxylic acids is 1. The average Bonchev–Trinajstić information content (AvgIpc) is 2.95. The standard InChI is InChI=1S/C12H20N2O4/c1-2-12(10(16)17)4-3-6-14(12)9(15)11(13)5-7-18-8-11/h2-8,13H2,1H3,(H,16,17). The summed E-state index contributed by atoms with van der Waals surface area (Å²) in [5.74, 6) is -1.21. The maximum Gasteiger partial charge on any atom is 0.329 e. The van der Waals surface area contributed by atoms with Crippen molar-refractivity contribution in [2.24, 2.45) is 5.73 Å². The van der Waals surface area contributed by atoms with Gasteiger partial charge in [-0.1, -0.05) is 6.92 Å². The summed E-state index contributed by atoms with van der Waals surface area (Å²) in [4.78, 5) is 25.5. The van der Waals surface area contributed by atoms with Crippen LogP contribution >= 0.6 is 0 Å². The first-order valence-electron chi connectivity index (χ1n) is 6.38. The first-order valence-corrected chi connectivity index (χ1v) is 6.38. The Balaban J connectivity index is 2.26. The van der Waals surface area contributed by atoms with E-state index in [0.717, 1.165) is 0 Å². The Bertz CT molecular complexity index is 365. The number of likely N-dealkylation sites (tertiary alicyclic amines) is 1. The molecule has 0 radical (unpaired) electrons. The molecule has 2 saturated heterocycles. The summed E-state index contributed by atoms with van der Waals surface area (Å²) in [6.07, 6.45) is 2.08. The van der Waals surface area contributed by atoms with Gasteiger partial charge in [-0.3, -0.25) is 4.79 Å². The number of carbonyl (C=O) groups is 2. The number of ether oxygens (including phenoxy) is 1. The van der Waals surface area contributed by atoms with Crippen molar-refractivity contribution in [3.05, 3.63) is 0 Å². The molecule has 1 amide bonds. The Labute approximate surface area is 106 Å². The number of hydrogen-bond acceptors (Lipinski definition) is 4. The molecule has 2 rings (SSSR count). The number of rotatable bonds is 3. The zero-order valence-electron chi connectivity index (χ0n) is 10.6. The van der Waals surface area contributed by atoms with Gasteiger partial charge >= 0.3 is 5.97 Å². The van der Waals surface area contributed by atoms with Crippen LogP contribution in [0.1, 0.15) is 32.6 Å². The van der Waals surface area contributed by atoms with E-state index in [9.17, 15) is 14.7 Å². The highest BCUT2D eigenvalue weighted by Crippen LogP contribution is 2.35. The second kappa shape index (κ2) is 4.51. The Kier molecular flexibility index (Phi) is 3.33. The van der Waals surface area contributed by atoms with Gasteiger partial charge in [0, 0.05) is 13.2 Å². The molecule has 0 aromatic heterocycles. The smallest absolute Gasteiger partial charge is 0.329 e. The third-order valence-corrected chi connectivity index (χ3v) is 4.19. The van der Waals surface area contributed by atoms with Crippen LogP contribution in [0.3, 0.4) is 0 Å². The molecule has 0 saturated carbocycles. The van der Waals surface area contributed by atoms with Crippen molar-refractivity contribution in [3.8, 4) is 0 Å². The molecule has 6 heteroatoms. The molecule has 0 aromatic rings. The summed E-state index contributed by atoms with van der Waals surface area (Å²) in [6, 6.07) is 0. The van der Waals surface area contributed by atoms with Crippen LogP contribution in [0.2, 0.25) is 0 Å². The molecule has 2 unspecified atom stereocenters. The van der Waals surface area contributed by atoms with Crippen LogP contribution in [0.5, 0.6) is 0 Å². The van der Waals surface area contributed by atoms with E-state index in [2.05, 4.69) is 0 Å². The quantitative estimate of drug-likeness (QED) is 0.739. The molecule has 6 nitrogen and oxygen atoms in total. The molecule has 2 aliphatic rings. The molecule has 0 aromatic carbocycles. The van der Waals surface area contributed by atoms with Crippen molar-refractivity contribution < 1.29 is 19.4 Å². The van der Waals surface area contributed by atoms with E-state index in [1.807, 2.05) is 0 Å². The van der Waals surface area contributed by atoms with E-state index in [1.165, 1.54) is 4.90 Å². The largest absolute Gasteiger partial charge is 0.479 e. The van der Waals surface area contributed by atoms with Crippen LogP contribution in [-0.4, -0.2) is 52.7 Å². The summed E-state index contributed by atoms with van der Waals surface area (Å²) in [6.45, 7) is 2.91. The molecule has 102 valence electrons. The van der Waals surface area contributed by atoms with Gasteiger partial charge in [-0.15, -0.1) is 0 Å². The second-order valence-corrected chi connectivity index (χ2v) is 5.21. The van der Waals surface area contributed by atoms with Crippen LogP contribution in [0.4, 0.5) is 0 Å². The van der Waals surface area contributed by atoms with Crippen LogP contribution in [0.25, 0.3) is 0 Å². The summed E-state index contributed by atoms with van der Waals surface area (Å²) in [5, 5.41) is 9.44. The zero-order valence-corrected chi connectivity index (χ0v) is 10.6. The Morgan fingerprint density at radius 2 is 2.17 bits per heavy atom. The lowest BCUT2D eigenvalue weighted by atomic mass is 9.90. The van der Waals surface area contributed by atoms with E-state index in [1.54, 1.807) is 6.92 Å². The average molecular weight is 256 g/mol. The van der Waals surface area contributed by atoms with Gasteiger partial charge in [-0.2, -0.15) is 0 Å². The minimum atomic E-state index is -1.08. The van der Waals surface area contributed by atoms with E-state index in [0.29, 0.717) is 38.8 Å². The normalized spacial score (nSPS) is 36.0. The van der Waals surface area contributed by atoms with Crippen molar-refractivity contribution in [1.29, 1.82) is 0 Å². The highest BCUT2D eigenvalue weighted by molar-refractivity contribution is 5.93. The van der Waals surface area contributed by atoms with Crippen LogP contribution in [-0.2, 0) is 14.3 Å². The lowest BCUT2D eigenvalue weighted by molar-refractivity contribution is -0.159. The van der Waals surface area contributed by atoms with E-state index >= 15 is 0 Å². The minimum Gasteiger partial charge on any atom is -0.479 e. The fraction of sp³-hybridized carbons (Fsp3) is 0.833. The molecule has 0 spiro atoms. The SMILES string of the molecule is CCC1(C(=O)O)CCCN1C(=O)C1(N)CCOC1. The molecule has 2 atom stereocenters. The molecule has 0 bridgehead atoms. The first kappa shape index (κ1) is 13.3. The van der Waals surface area contributed by atoms with Crippen molar-refractivity contribution in [2.45, 2.75) is 43.7 Å². The van der Waals surface area contributed by atoms with Gasteiger partial charge in [0.1, 0.15) is 11.1 Å². The third kappa shape index (κ3) is 1.80. The molecule has 0 aliphatic carbocycles. The fourth-order valence-corrected chi connectivity index (χ4v) is 2.93. The topological polar surface area (TPSA) is 92.9 Å². The number of hydrogen-bond donors (Lipinski definition) is 2. The molecular formula is C12H20N2O4. The van der Waals surface area contributed by atoms with Crippen LogP contribution in [0, 0.1) is 0 Å². The number of aliphatic carboxylic acids is 1. The zero-order chi connectivity index (χ0) is 13.4. The van der Waals surface area contributed by atoms with Gasteiger partial charge in [-0.05, 0) is 25.7 Å². The second-order valence-electron chi connectivity index (χ2n) is 5.21. The van der Waals surface area contributed by atoms with Crippen LogP contribution < -0.4 is 5.73 Å². The predicted molar refractivity (Wildman–Crippen MR) is 64.0 cm³/mol. The van der Waals surface area contributed by atoms with Gasteiger partial charge in [-0.25, -0.2) is 4.79 Å². The fourth-order valence-electron chi connectivity index (χ4n) is 2.93. The maximum atomic E-state index is 12.5. The van der Waals surface area contributed by atoms with Crippen molar-refractivity contribution in [2.75, 3.05) is 19.8 Å². The number of carbonyl (C=O) groups excluding carboxylic acids is 1. The van der Waals surface area contributed by atoms with Gasteiger partial charge in [0.15, 0.2) is 0 Å². The van der Waals surface area contributed by atoms with Crippen LogP contribution in [0.15, 0.2) is 0 Å². The number of nitrogens with two attached hydrogens (primary N) is 1. The van der Waals surface area contributed by atoms with Crippen molar-refractivity contribution in [1.82, 2.24) is 4.90 Å². The molecule has 2 fully saturated rings. The minimum absolute atomic E-state index is 0.182. The summed E-state index contributed by atoms with van der Waals surface area (Å²) in [5.41, 5.74) is 3.93. The molecule has 2 heterocycles. The molecule has 3 N–H and O–H groups in total. The number of carboxylic acid groups (broad SMARTS) is 1. The highest BCUT2D eigenvalue weighted by Gasteiger charge is 2.53. The number of nitrogens with zero attached hydrogens (tertiary/aromatic N) is 1. The summed E-state index contributed by atoms with van der Waals surface area (Å²) >= 11 is 0. The van der Waals surface area contributed by atoms with Crippen molar-refractivity contribution in [3.63, 3.8) is 0 Å². The van der Waals surface area contributed by atoms with Crippen molar-refractivity contribution >= 4 is 11.9 Å². The van der Waals surface area contributed by atoms with Gasteiger partial charge in [0.25, 0.3) is 0 Å². The third-order valence-electron chi connectivity index (χ3n) is 4.19. The Morgan fingerprint density at radius 3 is 2.67 bits per heavy atom. The summed E-state index contributed by atoms with van der Waals surface area (Å²) < 4.78 is 5.18. The lowest BCUT2D eigenvalue weighted by Crippen LogP contribution is -2.62. The highest BCUT2D eigenvalue weighted by atomic mass is 16.5. The lowest BCUT2D eigenvalue weighted by Gasteiger charge is -2.38. The van der Waals surface area contributed by atoms with E-state index in [4.69, 9.17) is 10.5 Å². The molecule has 2 aliphatic heterocycles. The Morgan fingerprint density at radius 1 is 1.44 bits per heavy atom. The maximum absolute atomic E-state index is 12.5. The van der Waals surface area contributed by atoms with Gasteiger partial charge < -0.3 is 20.5 Å². The first-order chi connectivity index (χ1) is 8.46. The van der Waals surface area contributed by atoms with Gasteiger partial charge in [0.2, 0.25) is 5.91 Å². The van der Waals surface area contributed by atoms with Gasteiger partial charge in [0.05, 0.1) is 6.61 Å². The van der Waals surface area contributed by atoms with E-state index in [-0.39, 0.29) is 12.5 Å². The molecular weight excluding hydrogens is 236 g/mol. The summed E-state index contributed by atoms with van der Waals surface area (Å²) in [7, 11) is 0. The number of amides is 1. The molecule has 18 heavy (non-hydrogen) atoms. The predicted octanol–water partition coefficient (Wildman–Crippen LogP) is -0.0400. The Hall–Kier alpha value is -1.14.